The molecule has 0 fully saturated rings. The molecule has 0 bridgehead atoms. The second-order valence-electron chi connectivity index (χ2n) is 7.47. The van der Waals surface area contributed by atoms with Crippen molar-refractivity contribution in [3.63, 3.8) is 0 Å². The van der Waals surface area contributed by atoms with Gasteiger partial charge in [0, 0.05) is 10.7 Å². The van der Waals surface area contributed by atoms with Crippen molar-refractivity contribution >= 4 is 62.0 Å². The Morgan fingerprint density at radius 3 is 2.43 bits per heavy atom. The number of carbonyl (C=O) groups is 1. The minimum atomic E-state index is -4.11. The Morgan fingerprint density at radius 1 is 1.11 bits per heavy atom. The Labute approximate surface area is 222 Å². The number of benzene rings is 3. The van der Waals surface area contributed by atoms with Crippen LogP contribution in [0.15, 0.2) is 65.1 Å². The maximum atomic E-state index is 12.8. The molecular weight excluding hydrogens is 603 g/mol. The van der Waals surface area contributed by atoms with Gasteiger partial charge in [0.15, 0.2) is 11.5 Å². The molecule has 1 N–H and O–H groups in total. The quantitative estimate of drug-likeness (QED) is 0.153. The van der Waals surface area contributed by atoms with Gasteiger partial charge in [0.25, 0.3) is 5.91 Å². The van der Waals surface area contributed by atoms with Crippen molar-refractivity contribution in [2.24, 2.45) is 0 Å². The third-order valence-corrected chi connectivity index (χ3v) is 7.15. The van der Waals surface area contributed by atoms with Crippen LogP contribution in [0.2, 0.25) is 5.02 Å². The number of halogens is 2. The highest BCUT2D eigenvalue weighted by atomic mass is 127. The summed E-state index contributed by atoms with van der Waals surface area (Å²) in [5.41, 5.74) is 2.47. The summed E-state index contributed by atoms with van der Waals surface area (Å²) in [6.07, 6.45) is 1.37. The molecule has 0 saturated heterocycles. The summed E-state index contributed by atoms with van der Waals surface area (Å²) in [5, 5.41) is 12.7. The lowest BCUT2D eigenvalue weighted by molar-refractivity contribution is -0.112. The van der Waals surface area contributed by atoms with Crippen LogP contribution in [-0.4, -0.2) is 21.4 Å². The van der Waals surface area contributed by atoms with E-state index in [1.807, 2.05) is 35.6 Å². The molecule has 3 aromatic carbocycles. The first-order chi connectivity index (χ1) is 16.5. The molecular formula is C25H20ClIN2O5S. The first kappa shape index (κ1) is 26.5. The van der Waals surface area contributed by atoms with E-state index in [2.05, 4.69) is 5.32 Å². The van der Waals surface area contributed by atoms with Crippen molar-refractivity contribution in [3.05, 3.63) is 85.5 Å². The van der Waals surface area contributed by atoms with E-state index in [1.165, 1.54) is 31.4 Å². The number of carbonyl (C=O) groups excluding carboxylic acids is 1. The van der Waals surface area contributed by atoms with Crippen LogP contribution in [0.5, 0.6) is 11.5 Å². The molecule has 1 amide bonds. The van der Waals surface area contributed by atoms with Crippen LogP contribution in [-0.2, 0) is 14.9 Å². The van der Waals surface area contributed by atoms with Gasteiger partial charge in [0.2, 0.25) is 0 Å². The van der Waals surface area contributed by atoms with E-state index in [1.54, 1.807) is 43.3 Å². The number of amides is 1. The monoisotopic (exact) mass is 622 g/mol. The van der Waals surface area contributed by atoms with Crippen LogP contribution in [0.25, 0.3) is 6.08 Å². The minimum absolute atomic E-state index is 0.00309. The smallest absolute Gasteiger partial charge is 0.339 e. The summed E-state index contributed by atoms with van der Waals surface area (Å²) in [5.74, 6) is -0.486. The minimum Gasteiger partial charge on any atom is -0.493 e. The summed E-state index contributed by atoms with van der Waals surface area (Å²) < 4.78 is 36.7. The highest BCUT2D eigenvalue weighted by molar-refractivity contribution is 14.1. The van der Waals surface area contributed by atoms with Gasteiger partial charge in [-0.1, -0.05) is 35.4 Å². The number of nitrogens with one attached hydrogen (secondary N) is 1. The van der Waals surface area contributed by atoms with Crippen LogP contribution in [0.4, 0.5) is 5.69 Å². The number of rotatable bonds is 7. The van der Waals surface area contributed by atoms with Gasteiger partial charge in [-0.3, -0.25) is 4.79 Å². The van der Waals surface area contributed by atoms with Crippen LogP contribution in [0.1, 0.15) is 16.7 Å². The topological polar surface area (TPSA) is 105 Å². The number of hydrogen-bond donors (Lipinski definition) is 1. The molecule has 0 atom stereocenters. The van der Waals surface area contributed by atoms with Crippen LogP contribution in [0.3, 0.4) is 0 Å². The molecule has 0 aliphatic rings. The van der Waals surface area contributed by atoms with E-state index in [9.17, 15) is 18.5 Å². The fourth-order valence-corrected chi connectivity index (χ4v) is 5.01. The lowest BCUT2D eigenvalue weighted by Gasteiger charge is -2.14. The van der Waals surface area contributed by atoms with E-state index in [0.29, 0.717) is 19.8 Å². The van der Waals surface area contributed by atoms with Crippen molar-refractivity contribution in [1.29, 1.82) is 5.26 Å². The molecule has 10 heteroatoms. The molecule has 3 rings (SSSR count). The van der Waals surface area contributed by atoms with Crippen molar-refractivity contribution in [2.75, 3.05) is 12.4 Å². The maximum absolute atomic E-state index is 12.8. The largest absolute Gasteiger partial charge is 0.493 e. The number of nitrogens with zero attached hydrogens (tertiary/aromatic N) is 1. The third-order valence-electron chi connectivity index (χ3n) is 4.88. The predicted octanol–water partition coefficient (Wildman–Crippen LogP) is 5.88. The number of aryl methyl sites for hydroxylation is 2. The average molecular weight is 623 g/mol. The van der Waals surface area contributed by atoms with Gasteiger partial charge in [0.05, 0.1) is 10.7 Å². The van der Waals surface area contributed by atoms with Gasteiger partial charge in [-0.15, -0.1) is 0 Å². The van der Waals surface area contributed by atoms with Gasteiger partial charge in [-0.2, -0.15) is 13.7 Å². The number of methoxy groups -OCH3 is 1. The third kappa shape index (κ3) is 6.54. The van der Waals surface area contributed by atoms with Crippen LogP contribution >= 0.6 is 34.2 Å². The average Bonchev–Trinajstić information content (AvgIpc) is 2.81. The molecule has 0 spiro atoms. The fraction of sp³-hybridized carbons (Fsp3) is 0.120. The van der Waals surface area contributed by atoms with E-state index >= 15 is 0 Å². The zero-order valence-corrected chi connectivity index (χ0v) is 22.7. The van der Waals surface area contributed by atoms with E-state index in [-0.39, 0.29) is 22.0 Å². The molecule has 0 unspecified atom stereocenters. The molecule has 0 aliphatic heterocycles. The first-order valence-electron chi connectivity index (χ1n) is 10.1. The Bertz CT molecular complexity index is 1460. The molecule has 0 aromatic heterocycles. The first-order valence-corrected chi connectivity index (χ1v) is 13.0. The Morgan fingerprint density at radius 2 is 1.80 bits per heavy atom. The van der Waals surface area contributed by atoms with Gasteiger partial charge >= 0.3 is 10.1 Å². The van der Waals surface area contributed by atoms with Crippen molar-refractivity contribution < 1.29 is 22.1 Å². The maximum Gasteiger partial charge on any atom is 0.339 e. The molecule has 35 heavy (non-hydrogen) atoms. The standard InChI is InChI=1S/C25H20ClIN2O5S/c1-15-4-8-20(9-5-15)35(31,32)34-24-21(27)11-17(12-23(24)33-3)10-18(14-28)25(30)29-22-13-19(26)7-6-16(22)2/h4-13H,1-3H3,(H,29,30)/b18-10+. The lowest BCUT2D eigenvalue weighted by Crippen LogP contribution is -2.14. The van der Waals surface area contributed by atoms with Gasteiger partial charge in [0.1, 0.15) is 16.5 Å². The highest BCUT2D eigenvalue weighted by Crippen LogP contribution is 2.36. The number of hydrogen-bond acceptors (Lipinski definition) is 6. The Hall–Kier alpha value is -3.07. The van der Waals surface area contributed by atoms with Gasteiger partial charge < -0.3 is 14.2 Å². The summed E-state index contributed by atoms with van der Waals surface area (Å²) in [6.45, 7) is 3.65. The van der Waals surface area contributed by atoms with Gasteiger partial charge in [-0.05, 0) is 90.0 Å². The molecule has 0 heterocycles. The van der Waals surface area contributed by atoms with Crippen molar-refractivity contribution in [2.45, 2.75) is 18.7 Å². The number of nitriles is 1. The normalized spacial score (nSPS) is 11.5. The number of ether oxygens (including phenoxy) is 1. The molecule has 3 aromatic rings. The number of anilines is 1. The summed E-state index contributed by atoms with van der Waals surface area (Å²) in [7, 11) is -2.74. The molecule has 0 aliphatic carbocycles. The second-order valence-corrected chi connectivity index (χ2v) is 10.6. The fourth-order valence-electron chi connectivity index (χ4n) is 3.00. The Kier molecular flexibility index (Phi) is 8.43. The van der Waals surface area contributed by atoms with Crippen molar-refractivity contribution in [1.82, 2.24) is 0 Å². The zero-order chi connectivity index (χ0) is 25.8. The predicted molar refractivity (Wildman–Crippen MR) is 143 cm³/mol. The van der Waals surface area contributed by atoms with Crippen LogP contribution in [0, 0.1) is 28.7 Å². The second kappa shape index (κ2) is 11.1. The van der Waals surface area contributed by atoms with Crippen molar-refractivity contribution in [3.8, 4) is 17.6 Å². The SMILES string of the molecule is COc1cc(/C=C(\C#N)C(=O)Nc2cc(Cl)ccc2C)cc(I)c1OS(=O)(=O)c1ccc(C)cc1. The van der Waals surface area contributed by atoms with E-state index in [4.69, 9.17) is 20.5 Å². The van der Waals surface area contributed by atoms with E-state index < -0.39 is 16.0 Å². The molecule has 0 saturated carbocycles. The molecule has 0 radical (unpaired) electrons. The summed E-state index contributed by atoms with van der Waals surface area (Å²) in [4.78, 5) is 12.7. The van der Waals surface area contributed by atoms with E-state index in [0.717, 1.165) is 11.1 Å². The summed E-state index contributed by atoms with van der Waals surface area (Å²) in [6, 6.07) is 16.3. The Balaban J connectivity index is 1.92. The van der Waals surface area contributed by atoms with Gasteiger partial charge in [-0.25, -0.2) is 0 Å². The highest BCUT2D eigenvalue weighted by Gasteiger charge is 2.22. The zero-order valence-electron chi connectivity index (χ0n) is 18.9. The summed E-state index contributed by atoms with van der Waals surface area (Å²) >= 11 is 7.91. The molecule has 180 valence electrons. The molecule has 7 nitrogen and oxygen atoms in total. The lowest BCUT2D eigenvalue weighted by atomic mass is 10.1. The van der Waals surface area contributed by atoms with Crippen LogP contribution < -0.4 is 14.2 Å².